The van der Waals surface area contributed by atoms with Gasteiger partial charge in [-0.1, -0.05) is 15.9 Å². The number of nitrogens with zero attached hydrogens (tertiary/aromatic N) is 1. The summed E-state index contributed by atoms with van der Waals surface area (Å²) >= 11 is 3.37. The Labute approximate surface area is 119 Å². The van der Waals surface area contributed by atoms with Gasteiger partial charge in [-0.2, -0.15) is 0 Å². The van der Waals surface area contributed by atoms with Crippen molar-refractivity contribution in [2.75, 3.05) is 19.4 Å². The van der Waals surface area contributed by atoms with Crippen LogP contribution >= 0.6 is 15.9 Å². The highest BCUT2D eigenvalue weighted by Gasteiger charge is 2.50. The van der Waals surface area contributed by atoms with Crippen LogP contribution in [0.2, 0.25) is 0 Å². The Morgan fingerprint density at radius 1 is 1.53 bits per heavy atom. The highest BCUT2D eigenvalue weighted by molar-refractivity contribution is 9.10. The molecule has 1 fully saturated rings. The predicted octanol–water partition coefficient (Wildman–Crippen LogP) is 0.836. The Hall–Kier alpha value is -1.28. The third-order valence-corrected chi connectivity index (χ3v) is 5.82. The van der Waals surface area contributed by atoms with E-state index in [9.17, 15) is 8.42 Å². The maximum absolute atomic E-state index is 12.1. The molecule has 3 rings (SSSR count). The Morgan fingerprint density at radius 3 is 2.95 bits per heavy atom. The molecule has 0 radical (unpaired) electrons. The third kappa shape index (κ3) is 1.81. The van der Waals surface area contributed by atoms with Crippen LogP contribution < -0.4 is 10.1 Å². The second kappa shape index (κ2) is 3.86. The lowest BCUT2D eigenvalue weighted by Crippen LogP contribution is -2.62. The van der Waals surface area contributed by atoms with Crippen molar-refractivity contribution in [3.63, 3.8) is 0 Å². The summed E-state index contributed by atoms with van der Waals surface area (Å²) in [6.45, 7) is 0.203. The lowest BCUT2D eigenvalue weighted by Gasteiger charge is -2.38. The van der Waals surface area contributed by atoms with Gasteiger partial charge in [0.25, 0.3) is 0 Å². The van der Waals surface area contributed by atoms with Crippen molar-refractivity contribution < 1.29 is 13.2 Å². The van der Waals surface area contributed by atoms with Gasteiger partial charge in [-0.3, -0.25) is 5.41 Å². The molecule has 8 heteroatoms. The van der Waals surface area contributed by atoms with Crippen molar-refractivity contribution in [2.45, 2.75) is 5.54 Å². The molecule has 0 bridgehead atoms. The highest BCUT2D eigenvalue weighted by Crippen LogP contribution is 2.41. The van der Waals surface area contributed by atoms with E-state index < -0.39 is 15.6 Å². The van der Waals surface area contributed by atoms with Crippen LogP contribution in [0.15, 0.2) is 22.7 Å². The van der Waals surface area contributed by atoms with E-state index in [-0.39, 0.29) is 18.3 Å². The van der Waals surface area contributed by atoms with Gasteiger partial charge in [0, 0.05) is 17.1 Å². The van der Waals surface area contributed by atoms with Crippen LogP contribution in [-0.2, 0) is 15.6 Å². The van der Waals surface area contributed by atoms with Gasteiger partial charge in [0.15, 0.2) is 0 Å². The molecular weight excluding hydrogens is 334 g/mol. The summed E-state index contributed by atoms with van der Waals surface area (Å²) in [4.78, 5) is 0. The smallest absolute Gasteiger partial charge is 0.239 e. The molecule has 19 heavy (non-hydrogen) atoms. The van der Waals surface area contributed by atoms with E-state index in [0.29, 0.717) is 5.75 Å². The topological polar surface area (TPSA) is 82.5 Å². The van der Waals surface area contributed by atoms with Gasteiger partial charge in [-0.25, -0.2) is 12.7 Å². The van der Waals surface area contributed by atoms with E-state index in [1.807, 2.05) is 12.1 Å². The van der Waals surface area contributed by atoms with E-state index in [0.717, 1.165) is 14.3 Å². The van der Waals surface area contributed by atoms with Crippen LogP contribution in [0.1, 0.15) is 5.56 Å². The standard InChI is InChI=1S/C11H12BrN3O3S/c1-15-10(13)14-11(6-19(15,16)17)5-18-9-3-2-7(12)4-8(9)11/h2-4H,5-6H2,1H3,(H2,13,14)/t11-/m0/s1. The number of guanidine groups is 1. The molecule has 1 aromatic rings. The molecule has 0 amide bonds. The molecule has 102 valence electrons. The van der Waals surface area contributed by atoms with Gasteiger partial charge in [-0.15, -0.1) is 0 Å². The number of ether oxygens (including phenoxy) is 1. The summed E-state index contributed by atoms with van der Waals surface area (Å²) in [5.74, 6) is 0.397. The fourth-order valence-electron chi connectivity index (χ4n) is 2.39. The molecule has 1 spiro atoms. The van der Waals surface area contributed by atoms with E-state index in [2.05, 4.69) is 21.2 Å². The normalized spacial score (nSPS) is 27.9. The average molecular weight is 346 g/mol. The fourth-order valence-corrected chi connectivity index (χ4v) is 4.20. The maximum Gasteiger partial charge on any atom is 0.239 e. The lowest BCUT2D eigenvalue weighted by atomic mass is 9.94. The molecule has 0 saturated carbocycles. The number of rotatable bonds is 0. The van der Waals surface area contributed by atoms with Crippen LogP contribution in [0.3, 0.4) is 0 Å². The van der Waals surface area contributed by atoms with E-state index in [1.54, 1.807) is 6.07 Å². The molecule has 2 aliphatic rings. The SMILES string of the molecule is CN1C(=N)N[C@@]2(COc3ccc(Br)cc32)CS1(=O)=O. The number of sulfonamides is 1. The minimum Gasteiger partial charge on any atom is -0.490 e. The molecule has 2 heterocycles. The van der Waals surface area contributed by atoms with Crippen LogP contribution in [0.5, 0.6) is 5.75 Å². The summed E-state index contributed by atoms with van der Waals surface area (Å²) in [5.41, 5.74) is -0.107. The molecule has 0 aliphatic carbocycles. The first-order valence-corrected chi connectivity index (χ1v) is 8.00. The molecule has 6 nitrogen and oxygen atoms in total. The van der Waals surface area contributed by atoms with Crippen LogP contribution in [0.25, 0.3) is 0 Å². The Morgan fingerprint density at radius 2 is 2.26 bits per heavy atom. The molecule has 1 atom stereocenters. The number of benzene rings is 1. The van der Waals surface area contributed by atoms with E-state index in [1.165, 1.54) is 7.05 Å². The zero-order chi connectivity index (χ0) is 13.8. The molecule has 2 N–H and O–H groups in total. The molecule has 2 aliphatic heterocycles. The molecule has 0 aromatic heterocycles. The van der Waals surface area contributed by atoms with Crippen molar-refractivity contribution in [3.05, 3.63) is 28.2 Å². The molecule has 1 saturated heterocycles. The van der Waals surface area contributed by atoms with Gasteiger partial charge in [0.1, 0.15) is 23.6 Å². The first kappa shape index (κ1) is 12.7. The first-order valence-electron chi connectivity index (χ1n) is 5.60. The highest BCUT2D eigenvalue weighted by atomic mass is 79.9. The zero-order valence-corrected chi connectivity index (χ0v) is 12.5. The van der Waals surface area contributed by atoms with Gasteiger partial charge in [0.05, 0.1) is 0 Å². The third-order valence-electron chi connectivity index (χ3n) is 3.45. The largest absolute Gasteiger partial charge is 0.490 e. The van der Waals surface area contributed by atoms with Crippen molar-refractivity contribution in [1.82, 2.24) is 9.62 Å². The quantitative estimate of drug-likeness (QED) is 0.729. The molecule has 1 aromatic carbocycles. The Balaban J connectivity index is 2.13. The maximum atomic E-state index is 12.1. The van der Waals surface area contributed by atoms with E-state index >= 15 is 0 Å². The summed E-state index contributed by atoms with van der Waals surface area (Å²) in [5, 5.41) is 10.8. The van der Waals surface area contributed by atoms with Crippen molar-refractivity contribution >= 4 is 31.9 Å². The summed E-state index contributed by atoms with van der Waals surface area (Å²) in [6.07, 6.45) is 0. The predicted molar refractivity (Wildman–Crippen MR) is 73.7 cm³/mol. The number of fused-ring (bicyclic) bond motifs is 2. The minimum atomic E-state index is -3.51. The summed E-state index contributed by atoms with van der Waals surface area (Å²) in [6, 6.07) is 5.47. The van der Waals surface area contributed by atoms with Crippen LogP contribution in [0.4, 0.5) is 0 Å². The van der Waals surface area contributed by atoms with Crippen molar-refractivity contribution in [3.8, 4) is 5.75 Å². The number of nitrogens with one attached hydrogen (secondary N) is 2. The first-order chi connectivity index (χ1) is 8.84. The summed E-state index contributed by atoms with van der Waals surface area (Å²) < 4.78 is 31.6. The number of hydrogen-bond donors (Lipinski definition) is 2. The molecular formula is C11H12BrN3O3S. The van der Waals surface area contributed by atoms with Crippen LogP contribution in [-0.4, -0.2) is 38.1 Å². The Kier molecular flexibility index (Phi) is 2.59. The zero-order valence-electron chi connectivity index (χ0n) is 10.1. The second-order valence-corrected chi connectivity index (χ2v) is 7.62. The Bertz CT molecular complexity index is 676. The van der Waals surface area contributed by atoms with Gasteiger partial charge >= 0.3 is 0 Å². The van der Waals surface area contributed by atoms with E-state index in [4.69, 9.17) is 10.1 Å². The second-order valence-electron chi connectivity index (χ2n) is 4.71. The van der Waals surface area contributed by atoms with Gasteiger partial charge < -0.3 is 10.1 Å². The van der Waals surface area contributed by atoms with Crippen molar-refractivity contribution in [2.24, 2.45) is 0 Å². The lowest BCUT2D eigenvalue weighted by molar-refractivity contribution is 0.256. The minimum absolute atomic E-state index is 0.123. The van der Waals surface area contributed by atoms with Crippen molar-refractivity contribution in [1.29, 1.82) is 5.41 Å². The average Bonchev–Trinajstić information content (AvgIpc) is 2.64. The molecule has 0 unspecified atom stereocenters. The monoisotopic (exact) mass is 345 g/mol. The number of halogens is 1. The van der Waals surface area contributed by atoms with Gasteiger partial charge in [0.2, 0.25) is 16.0 Å². The number of hydrogen-bond acceptors (Lipinski definition) is 4. The van der Waals surface area contributed by atoms with Gasteiger partial charge in [-0.05, 0) is 18.2 Å². The summed E-state index contributed by atoms with van der Waals surface area (Å²) in [7, 11) is -2.14. The fraction of sp³-hybridized carbons (Fsp3) is 0.364. The van der Waals surface area contributed by atoms with Crippen LogP contribution in [0, 0.1) is 5.41 Å².